The van der Waals surface area contributed by atoms with Gasteiger partial charge in [-0.3, -0.25) is 0 Å². The molecule has 1 heterocycles. The Morgan fingerprint density at radius 1 is 1.41 bits per heavy atom. The highest BCUT2D eigenvalue weighted by atomic mass is 16.5. The number of nitrogens with zero attached hydrogens (tertiary/aromatic N) is 3. The minimum Gasteiger partial charge on any atom is -0.391 e. The monoisotopic (exact) mass is 241 g/mol. The summed E-state index contributed by atoms with van der Waals surface area (Å²) in [5.41, 5.74) is 0. The zero-order chi connectivity index (χ0) is 12.8. The fraction of sp³-hybridized carbons (Fsp3) is 0.833. The molecule has 98 valence electrons. The van der Waals surface area contributed by atoms with Crippen molar-refractivity contribution in [3.8, 4) is 0 Å². The Balaban J connectivity index is 2.80. The molecule has 17 heavy (non-hydrogen) atoms. The van der Waals surface area contributed by atoms with E-state index in [2.05, 4.69) is 23.9 Å². The van der Waals surface area contributed by atoms with Crippen LogP contribution in [0.4, 0.5) is 0 Å². The fourth-order valence-electron chi connectivity index (χ4n) is 1.59. The molecular formula is C12H23N3O2. The van der Waals surface area contributed by atoms with E-state index in [1.807, 2.05) is 6.92 Å². The summed E-state index contributed by atoms with van der Waals surface area (Å²) in [5, 5.41) is 14.1. The Morgan fingerprint density at radius 2 is 2.12 bits per heavy atom. The highest BCUT2D eigenvalue weighted by molar-refractivity contribution is 4.93. The number of hydrogen-bond acceptors (Lipinski definition) is 4. The highest BCUT2D eigenvalue weighted by Gasteiger charge is 2.13. The van der Waals surface area contributed by atoms with Crippen molar-refractivity contribution in [3.05, 3.63) is 11.6 Å². The van der Waals surface area contributed by atoms with Gasteiger partial charge in [-0.05, 0) is 12.3 Å². The maximum Gasteiger partial charge on any atom is 0.153 e. The number of aliphatic hydroxyl groups is 1. The Morgan fingerprint density at radius 3 is 2.65 bits per heavy atom. The lowest BCUT2D eigenvalue weighted by Crippen LogP contribution is -2.18. The molecule has 5 nitrogen and oxygen atoms in total. The normalized spacial score (nSPS) is 13.3. The van der Waals surface area contributed by atoms with E-state index in [9.17, 15) is 5.11 Å². The number of aromatic nitrogens is 3. The van der Waals surface area contributed by atoms with Gasteiger partial charge in [-0.1, -0.05) is 20.8 Å². The van der Waals surface area contributed by atoms with E-state index >= 15 is 0 Å². The van der Waals surface area contributed by atoms with Gasteiger partial charge in [-0.15, -0.1) is 0 Å². The van der Waals surface area contributed by atoms with E-state index in [1.54, 1.807) is 11.8 Å². The Bertz CT molecular complexity index is 336. The zero-order valence-electron chi connectivity index (χ0n) is 11.2. The summed E-state index contributed by atoms with van der Waals surface area (Å²) < 4.78 is 6.86. The van der Waals surface area contributed by atoms with Crippen LogP contribution in [-0.2, 0) is 24.3 Å². The third kappa shape index (κ3) is 4.44. The first-order valence-corrected chi connectivity index (χ1v) is 6.16. The topological polar surface area (TPSA) is 60.2 Å². The second-order valence-corrected chi connectivity index (χ2v) is 4.72. The molecule has 1 rings (SSSR count). The molecule has 1 aromatic rings. The molecule has 1 atom stereocenters. The molecule has 1 aromatic heterocycles. The van der Waals surface area contributed by atoms with E-state index in [4.69, 9.17) is 4.74 Å². The van der Waals surface area contributed by atoms with Gasteiger partial charge >= 0.3 is 0 Å². The minimum atomic E-state index is -0.376. The molecule has 0 aliphatic heterocycles. The number of rotatable bonds is 7. The second kappa shape index (κ2) is 6.71. The van der Waals surface area contributed by atoms with E-state index in [-0.39, 0.29) is 6.10 Å². The van der Waals surface area contributed by atoms with Crippen molar-refractivity contribution in [2.24, 2.45) is 5.92 Å². The molecule has 0 bridgehead atoms. The molecule has 0 radical (unpaired) electrons. The first-order valence-electron chi connectivity index (χ1n) is 6.16. The quantitative estimate of drug-likeness (QED) is 0.783. The summed E-state index contributed by atoms with van der Waals surface area (Å²) in [6.45, 7) is 7.14. The molecular weight excluding hydrogens is 218 g/mol. The lowest BCUT2D eigenvalue weighted by Gasteiger charge is -2.09. The second-order valence-electron chi connectivity index (χ2n) is 4.72. The summed E-state index contributed by atoms with van der Waals surface area (Å²) in [5.74, 6) is 2.14. The molecule has 5 heteroatoms. The van der Waals surface area contributed by atoms with Crippen molar-refractivity contribution in [3.63, 3.8) is 0 Å². The number of ether oxygens (including phenoxy) is 1. The van der Waals surface area contributed by atoms with E-state index in [1.165, 1.54) is 0 Å². The van der Waals surface area contributed by atoms with Gasteiger partial charge < -0.3 is 9.84 Å². The van der Waals surface area contributed by atoms with Crippen LogP contribution in [0.15, 0.2) is 0 Å². The first-order chi connectivity index (χ1) is 8.06. The van der Waals surface area contributed by atoms with Crippen LogP contribution < -0.4 is 0 Å². The van der Waals surface area contributed by atoms with Gasteiger partial charge in [0.15, 0.2) is 11.6 Å². The number of hydrogen-bond donors (Lipinski definition) is 1. The van der Waals surface area contributed by atoms with E-state index in [0.717, 1.165) is 18.1 Å². The van der Waals surface area contributed by atoms with Crippen LogP contribution in [0.2, 0.25) is 0 Å². The van der Waals surface area contributed by atoms with Crippen LogP contribution in [0.1, 0.15) is 38.8 Å². The third-order valence-electron chi connectivity index (χ3n) is 2.51. The summed E-state index contributed by atoms with van der Waals surface area (Å²) in [4.78, 5) is 4.44. The average Bonchev–Trinajstić information content (AvgIpc) is 2.60. The largest absolute Gasteiger partial charge is 0.391 e. The van der Waals surface area contributed by atoms with Crippen LogP contribution in [0.5, 0.6) is 0 Å². The predicted molar refractivity (Wildman–Crippen MR) is 65.6 cm³/mol. The van der Waals surface area contributed by atoms with Gasteiger partial charge in [0.2, 0.25) is 0 Å². The molecule has 0 spiro atoms. The van der Waals surface area contributed by atoms with Gasteiger partial charge in [0, 0.05) is 13.5 Å². The van der Waals surface area contributed by atoms with Gasteiger partial charge in [-0.2, -0.15) is 5.10 Å². The molecule has 1 N–H and O–H groups in total. The lowest BCUT2D eigenvalue weighted by molar-refractivity contribution is 0.133. The Labute approximate surface area is 103 Å². The molecule has 0 saturated carbocycles. The molecule has 0 aliphatic rings. The number of aliphatic hydroxyl groups excluding tert-OH is 1. The highest BCUT2D eigenvalue weighted by Crippen LogP contribution is 2.08. The first kappa shape index (κ1) is 14.1. The summed E-state index contributed by atoms with van der Waals surface area (Å²) in [6, 6.07) is 0. The van der Waals surface area contributed by atoms with Gasteiger partial charge in [0.1, 0.15) is 6.61 Å². The maximum absolute atomic E-state index is 9.67. The smallest absolute Gasteiger partial charge is 0.153 e. The van der Waals surface area contributed by atoms with Crippen molar-refractivity contribution >= 4 is 0 Å². The van der Waals surface area contributed by atoms with Crippen molar-refractivity contribution < 1.29 is 9.84 Å². The van der Waals surface area contributed by atoms with Gasteiger partial charge in [0.05, 0.1) is 12.6 Å². The summed E-state index contributed by atoms with van der Waals surface area (Å²) >= 11 is 0. The lowest BCUT2D eigenvalue weighted by atomic mass is 10.1. The van der Waals surface area contributed by atoms with Crippen molar-refractivity contribution in [1.29, 1.82) is 0 Å². The average molecular weight is 241 g/mol. The SMILES string of the molecule is CC[C@@H](O)Cn1nc(CC(C)C)nc1COC. The van der Waals surface area contributed by atoms with Crippen molar-refractivity contribution in [2.45, 2.75) is 52.9 Å². The van der Waals surface area contributed by atoms with Crippen LogP contribution in [0.3, 0.4) is 0 Å². The molecule has 0 aliphatic carbocycles. The van der Waals surface area contributed by atoms with Gasteiger partial charge in [0.25, 0.3) is 0 Å². The third-order valence-corrected chi connectivity index (χ3v) is 2.51. The predicted octanol–water partition coefficient (Wildman–Crippen LogP) is 1.39. The Kier molecular flexibility index (Phi) is 5.58. The standard InChI is InChI=1S/C12H23N3O2/c1-5-10(16)7-15-12(8-17-4)13-11(14-15)6-9(2)3/h9-10,16H,5-8H2,1-4H3/t10-/m1/s1. The molecule has 0 aromatic carbocycles. The van der Waals surface area contributed by atoms with E-state index < -0.39 is 0 Å². The minimum absolute atomic E-state index is 0.376. The molecule has 0 saturated heterocycles. The molecule has 0 fully saturated rings. The van der Waals surface area contributed by atoms with Crippen LogP contribution >= 0.6 is 0 Å². The summed E-state index contributed by atoms with van der Waals surface area (Å²) in [6.07, 6.45) is 1.19. The fourth-order valence-corrected chi connectivity index (χ4v) is 1.59. The van der Waals surface area contributed by atoms with Crippen LogP contribution in [0.25, 0.3) is 0 Å². The van der Waals surface area contributed by atoms with Crippen LogP contribution in [0, 0.1) is 5.92 Å². The van der Waals surface area contributed by atoms with Gasteiger partial charge in [-0.25, -0.2) is 9.67 Å². The van der Waals surface area contributed by atoms with E-state index in [0.29, 0.717) is 25.5 Å². The van der Waals surface area contributed by atoms with Crippen LogP contribution in [-0.4, -0.2) is 33.1 Å². The van der Waals surface area contributed by atoms with Crippen molar-refractivity contribution in [1.82, 2.24) is 14.8 Å². The zero-order valence-corrected chi connectivity index (χ0v) is 11.2. The molecule has 0 amide bonds. The van der Waals surface area contributed by atoms with Crippen molar-refractivity contribution in [2.75, 3.05) is 7.11 Å². The number of methoxy groups -OCH3 is 1. The summed E-state index contributed by atoms with van der Waals surface area (Å²) in [7, 11) is 1.64. The maximum atomic E-state index is 9.67. The Hall–Kier alpha value is -0.940. The molecule has 0 unspecified atom stereocenters.